The molecule has 27 heavy (non-hydrogen) atoms. The second kappa shape index (κ2) is 10.7. The maximum atomic E-state index is 12.5. The molecule has 0 saturated carbocycles. The average molecular weight is 498 g/mol. The van der Waals surface area contributed by atoms with Crippen molar-refractivity contribution in [2.24, 2.45) is 4.99 Å². The number of carbonyl (C=O) groups excluding carboxylic acids is 1. The number of guanidine groups is 1. The lowest BCUT2D eigenvalue weighted by Gasteiger charge is -2.27. The number of hydrogen-bond donors (Lipinski definition) is 2. The number of nitrogens with zero attached hydrogens (tertiary/aromatic N) is 2. The van der Waals surface area contributed by atoms with Crippen LogP contribution in [0.3, 0.4) is 0 Å². The lowest BCUT2D eigenvalue weighted by Crippen LogP contribution is -2.45. The number of aryl methyl sites for hydroxylation is 1. The summed E-state index contributed by atoms with van der Waals surface area (Å²) >= 11 is 1.79. The summed E-state index contributed by atoms with van der Waals surface area (Å²) in [6, 6.07) is 10.4. The zero-order valence-corrected chi connectivity index (χ0v) is 19.0. The normalized spacial score (nSPS) is 13.6. The Balaban J connectivity index is 0.00000261. The Morgan fingerprint density at radius 2 is 2.15 bits per heavy atom. The molecule has 0 aliphatic carbocycles. The van der Waals surface area contributed by atoms with Crippen LogP contribution in [0.25, 0.3) is 0 Å². The molecule has 0 bridgehead atoms. The molecule has 0 saturated heterocycles. The molecular formula is C20H27IN4OS. The molecule has 0 radical (unpaired) electrons. The molecule has 2 N–H and O–H groups in total. The monoisotopic (exact) mass is 498 g/mol. The summed E-state index contributed by atoms with van der Waals surface area (Å²) in [7, 11) is 0. The van der Waals surface area contributed by atoms with Gasteiger partial charge in [-0.1, -0.05) is 29.8 Å². The van der Waals surface area contributed by atoms with E-state index in [4.69, 9.17) is 0 Å². The van der Waals surface area contributed by atoms with Crippen LogP contribution in [-0.2, 0) is 24.3 Å². The van der Waals surface area contributed by atoms with Crippen LogP contribution in [0.2, 0.25) is 0 Å². The fourth-order valence-corrected chi connectivity index (χ4v) is 3.94. The molecule has 3 rings (SSSR count). The second-order valence-electron chi connectivity index (χ2n) is 6.47. The van der Waals surface area contributed by atoms with Crippen molar-refractivity contribution < 1.29 is 4.79 Å². The van der Waals surface area contributed by atoms with Crippen LogP contribution in [-0.4, -0.2) is 36.4 Å². The summed E-state index contributed by atoms with van der Waals surface area (Å²) in [5.41, 5.74) is 3.67. The lowest BCUT2D eigenvalue weighted by atomic mass is 10.1. The third-order valence-corrected chi connectivity index (χ3v) is 5.44. The molecule has 2 aromatic rings. The number of hydrogen-bond acceptors (Lipinski definition) is 3. The van der Waals surface area contributed by atoms with Crippen LogP contribution in [0.15, 0.2) is 40.7 Å². The first-order valence-electron chi connectivity index (χ1n) is 9.06. The first kappa shape index (κ1) is 21.7. The maximum absolute atomic E-state index is 12.5. The molecule has 1 aromatic heterocycles. The van der Waals surface area contributed by atoms with Gasteiger partial charge in [0.15, 0.2) is 5.96 Å². The molecule has 146 valence electrons. The van der Waals surface area contributed by atoms with Crippen LogP contribution in [0.1, 0.15) is 28.5 Å². The fourth-order valence-electron chi connectivity index (χ4n) is 3.06. The third-order valence-electron chi connectivity index (χ3n) is 4.41. The van der Waals surface area contributed by atoms with Gasteiger partial charge in [-0.2, -0.15) is 0 Å². The Bertz CT molecular complexity index is 790. The topological polar surface area (TPSA) is 56.7 Å². The van der Waals surface area contributed by atoms with Crippen LogP contribution < -0.4 is 10.6 Å². The Kier molecular flexibility index (Phi) is 8.56. The molecule has 5 nitrogen and oxygen atoms in total. The van der Waals surface area contributed by atoms with Crippen molar-refractivity contribution in [2.75, 3.05) is 19.6 Å². The van der Waals surface area contributed by atoms with E-state index < -0.39 is 0 Å². The minimum Gasteiger partial charge on any atom is -0.357 e. The molecule has 1 aliphatic heterocycles. The molecule has 0 spiro atoms. The highest BCUT2D eigenvalue weighted by Gasteiger charge is 2.21. The van der Waals surface area contributed by atoms with Crippen molar-refractivity contribution in [3.05, 3.63) is 57.3 Å². The summed E-state index contributed by atoms with van der Waals surface area (Å²) in [5, 5.41) is 8.49. The van der Waals surface area contributed by atoms with E-state index in [0.29, 0.717) is 12.5 Å². The highest BCUT2D eigenvalue weighted by molar-refractivity contribution is 14.0. The van der Waals surface area contributed by atoms with Gasteiger partial charge in [-0.05, 0) is 42.8 Å². The van der Waals surface area contributed by atoms with Gasteiger partial charge in [-0.25, -0.2) is 4.99 Å². The van der Waals surface area contributed by atoms with E-state index in [1.165, 1.54) is 16.0 Å². The standard InChI is InChI=1S/C20H26N4OS.HI/c1-3-21-20(22-12-16-6-4-5-15(2)11-16)23-13-19(25)24-9-7-18-17(14-24)8-10-26-18;/h4-6,8,10-11H,3,7,9,12-14H2,1-2H3,(H2,21,22,23);1H. The number of fused-ring (bicyclic) bond motifs is 1. The molecule has 0 fully saturated rings. The SMILES string of the molecule is CCNC(=NCc1cccc(C)c1)NCC(=O)N1CCc2sccc2C1.I. The van der Waals surface area contributed by atoms with Gasteiger partial charge in [0, 0.05) is 24.5 Å². The summed E-state index contributed by atoms with van der Waals surface area (Å²) in [5.74, 6) is 0.790. The number of carbonyl (C=O) groups is 1. The predicted octanol–water partition coefficient (Wildman–Crippen LogP) is 3.31. The van der Waals surface area contributed by atoms with Gasteiger partial charge in [0.1, 0.15) is 0 Å². The van der Waals surface area contributed by atoms with Crippen LogP contribution >= 0.6 is 35.3 Å². The predicted molar refractivity (Wildman–Crippen MR) is 123 cm³/mol. The van der Waals surface area contributed by atoms with Crippen molar-refractivity contribution in [2.45, 2.75) is 33.4 Å². The average Bonchev–Trinajstić information content (AvgIpc) is 3.11. The van der Waals surface area contributed by atoms with Crippen molar-refractivity contribution in [3.63, 3.8) is 0 Å². The minimum absolute atomic E-state index is 0. The van der Waals surface area contributed by atoms with Gasteiger partial charge in [0.2, 0.25) is 5.91 Å². The van der Waals surface area contributed by atoms with Gasteiger partial charge >= 0.3 is 0 Å². The molecule has 1 amide bonds. The van der Waals surface area contributed by atoms with E-state index in [2.05, 4.69) is 52.2 Å². The van der Waals surface area contributed by atoms with Gasteiger partial charge in [-0.3, -0.25) is 4.79 Å². The quantitative estimate of drug-likeness (QED) is 0.378. The highest BCUT2D eigenvalue weighted by Crippen LogP contribution is 2.23. The number of benzene rings is 1. The maximum Gasteiger partial charge on any atom is 0.242 e. The molecule has 2 heterocycles. The molecular weight excluding hydrogens is 471 g/mol. The van der Waals surface area contributed by atoms with E-state index >= 15 is 0 Å². The first-order chi connectivity index (χ1) is 12.7. The molecule has 1 aliphatic rings. The molecule has 0 atom stereocenters. The van der Waals surface area contributed by atoms with Gasteiger partial charge in [0.25, 0.3) is 0 Å². The van der Waals surface area contributed by atoms with E-state index in [1.54, 1.807) is 11.3 Å². The van der Waals surface area contributed by atoms with Crippen molar-refractivity contribution in [1.29, 1.82) is 0 Å². The minimum atomic E-state index is 0. The second-order valence-corrected chi connectivity index (χ2v) is 7.47. The number of aliphatic imine (C=N–C) groups is 1. The van der Waals surface area contributed by atoms with Crippen molar-refractivity contribution in [3.8, 4) is 0 Å². The lowest BCUT2D eigenvalue weighted by molar-refractivity contribution is -0.130. The van der Waals surface area contributed by atoms with Gasteiger partial charge in [0.05, 0.1) is 13.1 Å². The summed E-state index contributed by atoms with van der Waals surface area (Å²) in [4.78, 5) is 20.5. The number of nitrogens with one attached hydrogen (secondary N) is 2. The zero-order chi connectivity index (χ0) is 18.4. The third kappa shape index (κ3) is 6.21. The summed E-state index contributed by atoms with van der Waals surface area (Å²) in [6.45, 7) is 7.23. The Morgan fingerprint density at radius 3 is 2.93 bits per heavy atom. The highest BCUT2D eigenvalue weighted by atomic mass is 127. The smallest absolute Gasteiger partial charge is 0.242 e. The van der Waals surface area contributed by atoms with Crippen LogP contribution in [0.4, 0.5) is 0 Å². The molecule has 1 aromatic carbocycles. The Morgan fingerprint density at radius 1 is 1.30 bits per heavy atom. The zero-order valence-electron chi connectivity index (χ0n) is 15.8. The molecule has 7 heteroatoms. The number of amides is 1. The van der Waals surface area contributed by atoms with E-state index in [0.717, 1.165) is 31.6 Å². The van der Waals surface area contributed by atoms with Gasteiger partial charge in [-0.15, -0.1) is 35.3 Å². The summed E-state index contributed by atoms with van der Waals surface area (Å²) < 4.78 is 0. The number of halogens is 1. The number of rotatable bonds is 5. The van der Waals surface area contributed by atoms with Crippen molar-refractivity contribution >= 4 is 47.2 Å². The first-order valence-corrected chi connectivity index (χ1v) is 9.94. The molecule has 0 unspecified atom stereocenters. The van der Waals surface area contributed by atoms with Crippen LogP contribution in [0.5, 0.6) is 0 Å². The Hall–Kier alpha value is -1.61. The number of thiophene rings is 1. The summed E-state index contributed by atoms with van der Waals surface area (Å²) in [6.07, 6.45) is 0.959. The van der Waals surface area contributed by atoms with Crippen LogP contribution in [0, 0.1) is 6.92 Å². The van der Waals surface area contributed by atoms with E-state index in [9.17, 15) is 4.79 Å². The largest absolute Gasteiger partial charge is 0.357 e. The van der Waals surface area contributed by atoms with Gasteiger partial charge < -0.3 is 15.5 Å². The van der Waals surface area contributed by atoms with E-state index in [1.807, 2.05) is 17.9 Å². The fraction of sp³-hybridized carbons (Fsp3) is 0.400. The Labute approximate surface area is 182 Å². The van der Waals surface area contributed by atoms with Crippen molar-refractivity contribution in [1.82, 2.24) is 15.5 Å². The van der Waals surface area contributed by atoms with E-state index in [-0.39, 0.29) is 36.4 Å².